The first-order valence-corrected chi connectivity index (χ1v) is 4.13. The van der Waals surface area contributed by atoms with E-state index in [1.807, 2.05) is 0 Å². The van der Waals surface area contributed by atoms with Crippen LogP contribution in [0.25, 0.3) is 0 Å². The molecule has 0 spiro atoms. The lowest BCUT2D eigenvalue weighted by atomic mass is 10.2. The average Bonchev–Trinajstić information content (AvgIpc) is 2.04. The van der Waals surface area contributed by atoms with Gasteiger partial charge in [0, 0.05) is 28.8 Å². The molecule has 64 valence electrons. The van der Waals surface area contributed by atoms with E-state index in [1.165, 1.54) is 40.9 Å². The van der Waals surface area contributed by atoms with Gasteiger partial charge in [-0.1, -0.05) is 0 Å². The molecule has 0 aliphatic rings. The smallest absolute Gasteiger partial charge is 0.281 e. The van der Waals surface area contributed by atoms with E-state index in [-0.39, 0.29) is 5.56 Å². The monoisotopic (exact) mass is 283 g/mol. The molecule has 0 amide bonds. The van der Waals surface area contributed by atoms with Crippen molar-refractivity contribution < 1.29 is 13.6 Å². The molecule has 1 aromatic heterocycles. The van der Waals surface area contributed by atoms with Crippen LogP contribution in [0, 0.1) is 0 Å². The molecule has 0 radical (unpaired) electrons. The van der Waals surface area contributed by atoms with Gasteiger partial charge < -0.3 is 0 Å². The summed E-state index contributed by atoms with van der Waals surface area (Å²) in [6.45, 7) is 0. The standard InChI is InChI=1S/C7H4F2INO/c8-6(9)5-4(7(10)12)2-1-3-11-5/h1-3,6H. The van der Waals surface area contributed by atoms with Crippen molar-refractivity contribution >= 4 is 26.4 Å². The molecule has 0 N–H and O–H groups in total. The predicted molar refractivity (Wildman–Crippen MR) is 47.5 cm³/mol. The molecule has 0 saturated carbocycles. The van der Waals surface area contributed by atoms with Crippen molar-refractivity contribution in [3.05, 3.63) is 29.6 Å². The number of nitrogens with zero attached hydrogens (tertiary/aromatic N) is 1. The van der Waals surface area contributed by atoms with Crippen molar-refractivity contribution in [2.24, 2.45) is 0 Å². The van der Waals surface area contributed by atoms with Crippen molar-refractivity contribution in [2.45, 2.75) is 6.43 Å². The van der Waals surface area contributed by atoms with Crippen molar-refractivity contribution in [3.8, 4) is 0 Å². The molecule has 0 fully saturated rings. The molecule has 12 heavy (non-hydrogen) atoms. The maximum absolute atomic E-state index is 12.2. The van der Waals surface area contributed by atoms with Crippen LogP contribution >= 0.6 is 22.6 Å². The molecule has 0 unspecified atom stereocenters. The number of carbonyl (C=O) groups is 1. The maximum atomic E-state index is 12.2. The summed E-state index contributed by atoms with van der Waals surface area (Å²) in [5, 5.41) is 0. The molecule has 5 heteroatoms. The van der Waals surface area contributed by atoms with E-state index in [9.17, 15) is 13.6 Å². The first-order chi connectivity index (χ1) is 5.63. The molecule has 0 aromatic carbocycles. The van der Waals surface area contributed by atoms with E-state index in [2.05, 4.69) is 4.98 Å². The van der Waals surface area contributed by atoms with Gasteiger partial charge in [0.1, 0.15) is 5.69 Å². The van der Waals surface area contributed by atoms with Crippen molar-refractivity contribution in [1.29, 1.82) is 0 Å². The van der Waals surface area contributed by atoms with Gasteiger partial charge in [0.2, 0.25) is 3.79 Å². The number of hydrogen-bond acceptors (Lipinski definition) is 2. The van der Waals surface area contributed by atoms with Crippen LogP contribution in [0.5, 0.6) is 0 Å². The molecule has 0 aliphatic heterocycles. The molecule has 2 nitrogen and oxygen atoms in total. The van der Waals surface area contributed by atoms with Crippen molar-refractivity contribution in [1.82, 2.24) is 4.98 Å². The Morgan fingerprint density at radius 3 is 2.67 bits per heavy atom. The molecule has 0 aliphatic carbocycles. The molecule has 0 saturated heterocycles. The zero-order valence-corrected chi connectivity index (χ0v) is 7.96. The summed E-state index contributed by atoms with van der Waals surface area (Å²) in [5.41, 5.74) is -0.468. The number of aromatic nitrogens is 1. The third-order valence-corrected chi connectivity index (χ3v) is 1.84. The second kappa shape index (κ2) is 3.88. The zero-order chi connectivity index (χ0) is 9.14. The van der Waals surface area contributed by atoms with Crippen LogP contribution < -0.4 is 0 Å². The van der Waals surface area contributed by atoms with Crippen molar-refractivity contribution in [2.75, 3.05) is 0 Å². The van der Waals surface area contributed by atoms with E-state index in [4.69, 9.17) is 0 Å². The second-order valence-corrected chi connectivity index (χ2v) is 2.99. The molecular formula is C7H4F2INO. The molecule has 0 bridgehead atoms. The number of halogens is 3. The highest BCUT2D eigenvalue weighted by molar-refractivity contribution is 14.1. The molecule has 1 heterocycles. The Hall–Kier alpha value is -0.590. The molecular weight excluding hydrogens is 279 g/mol. The summed E-state index contributed by atoms with van der Waals surface area (Å²) < 4.78 is 23.9. The number of pyridine rings is 1. The fourth-order valence-electron chi connectivity index (χ4n) is 0.758. The van der Waals surface area contributed by atoms with Crippen LogP contribution in [0.1, 0.15) is 22.5 Å². The van der Waals surface area contributed by atoms with Crippen LogP contribution in [0.15, 0.2) is 18.3 Å². The Morgan fingerprint density at radius 2 is 2.25 bits per heavy atom. The van der Waals surface area contributed by atoms with Gasteiger partial charge in [-0.2, -0.15) is 0 Å². The largest absolute Gasteiger partial charge is 0.282 e. The summed E-state index contributed by atoms with van der Waals surface area (Å²) in [4.78, 5) is 14.2. The van der Waals surface area contributed by atoms with Gasteiger partial charge in [0.25, 0.3) is 6.43 Å². The minimum atomic E-state index is -2.69. The Balaban J connectivity index is 3.17. The summed E-state index contributed by atoms with van der Waals surface area (Å²) in [6, 6.07) is 2.79. The van der Waals surface area contributed by atoms with Crippen LogP contribution in [-0.4, -0.2) is 8.77 Å². The number of rotatable bonds is 2. The maximum Gasteiger partial charge on any atom is 0.281 e. The Morgan fingerprint density at radius 1 is 1.58 bits per heavy atom. The number of hydrogen-bond donors (Lipinski definition) is 0. The highest BCUT2D eigenvalue weighted by Gasteiger charge is 2.16. The topological polar surface area (TPSA) is 30.0 Å². The van der Waals surface area contributed by atoms with E-state index in [1.54, 1.807) is 0 Å². The molecule has 1 aromatic rings. The van der Waals surface area contributed by atoms with E-state index >= 15 is 0 Å². The minimum absolute atomic E-state index is 0.0203. The summed E-state index contributed by atoms with van der Waals surface area (Å²) in [6.07, 6.45) is -1.45. The first-order valence-electron chi connectivity index (χ1n) is 3.06. The van der Waals surface area contributed by atoms with Gasteiger partial charge >= 0.3 is 0 Å². The van der Waals surface area contributed by atoms with Crippen LogP contribution in [0.4, 0.5) is 8.78 Å². The van der Waals surface area contributed by atoms with Gasteiger partial charge in [0.15, 0.2) is 0 Å². The normalized spacial score (nSPS) is 10.3. The lowest BCUT2D eigenvalue weighted by molar-refractivity contribution is 0.108. The SMILES string of the molecule is O=C(I)c1cccnc1C(F)F. The van der Waals surface area contributed by atoms with E-state index in [0.29, 0.717) is 0 Å². The lowest BCUT2D eigenvalue weighted by Gasteiger charge is -2.01. The highest BCUT2D eigenvalue weighted by atomic mass is 127. The Kier molecular flexibility index (Phi) is 3.07. The number of alkyl halides is 2. The summed E-state index contributed by atoms with van der Waals surface area (Å²) >= 11 is 1.46. The third-order valence-electron chi connectivity index (χ3n) is 1.26. The van der Waals surface area contributed by atoms with Gasteiger partial charge in [-0.15, -0.1) is 0 Å². The first kappa shape index (κ1) is 9.50. The van der Waals surface area contributed by atoms with Gasteiger partial charge in [-0.05, 0) is 12.1 Å². The predicted octanol–water partition coefficient (Wildman–Crippen LogP) is 2.59. The lowest BCUT2D eigenvalue weighted by Crippen LogP contribution is -1.99. The van der Waals surface area contributed by atoms with E-state index < -0.39 is 15.9 Å². The fourth-order valence-corrected chi connectivity index (χ4v) is 1.21. The van der Waals surface area contributed by atoms with Gasteiger partial charge in [-0.25, -0.2) is 8.78 Å². The Labute approximate surface area is 81.1 Å². The average molecular weight is 283 g/mol. The summed E-state index contributed by atoms with van der Waals surface area (Å²) in [5.74, 6) is 0. The second-order valence-electron chi connectivity index (χ2n) is 2.01. The summed E-state index contributed by atoms with van der Waals surface area (Å²) in [7, 11) is 0. The van der Waals surface area contributed by atoms with Crippen LogP contribution in [0.2, 0.25) is 0 Å². The molecule has 1 rings (SSSR count). The van der Waals surface area contributed by atoms with E-state index in [0.717, 1.165) is 0 Å². The van der Waals surface area contributed by atoms with Crippen LogP contribution in [0.3, 0.4) is 0 Å². The number of carbonyl (C=O) groups excluding carboxylic acids is 1. The van der Waals surface area contributed by atoms with Crippen molar-refractivity contribution in [3.63, 3.8) is 0 Å². The zero-order valence-electron chi connectivity index (χ0n) is 5.80. The fraction of sp³-hybridized carbons (Fsp3) is 0.143. The van der Waals surface area contributed by atoms with Gasteiger partial charge in [-0.3, -0.25) is 9.78 Å². The minimum Gasteiger partial charge on any atom is -0.282 e. The quantitative estimate of drug-likeness (QED) is 0.617. The highest BCUT2D eigenvalue weighted by Crippen LogP contribution is 2.21. The van der Waals surface area contributed by atoms with Crippen LogP contribution in [-0.2, 0) is 0 Å². The Bertz CT molecular complexity index is 303. The molecule has 0 atom stereocenters. The van der Waals surface area contributed by atoms with Gasteiger partial charge in [0.05, 0.1) is 5.56 Å². The third kappa shape index (κ3) is 1.96.